The molecule has 0 bridgehead atoms. The summed E-state index contributed by atoms with van der Waals surface area (Å²) >= 11 is 0. The van der Waals surface area contributed by atoms with Crippen molar-refractivity contribution in [1.29, 1.82) is 0 Å². The second kappa shape index (κ2) is 9.73. The minimum Gasteiger partial charge on any atom is -0.493 e. The predicted molar refractivity (Wildman–Crippen MR) is 100 cm³/mol. The molecule has 0 radical (unpaired) electrons. The van der Waals surface area contributed by atoms with Gasteiger partial charge in [-0.05, 0) is 25.3 Å². The Bertz CT molecular complexity index is 574. The van der Waals surface area contributed by atoms with E-state index in [0.717, 1.165) is 37.7 Å². The Labute approximate surface area is 155 Å². The van der Waals surface area contributed by atoms with Gasteiger partial charge in [-0.15, -0.1) is 12.4 Å². The van der Waals surface area contributed by atoms with Crippen molar-refractivity contribution < 1.29 is 19.0 Å². The Hall–Kier alpha value is -1.66. The van der Waals surface area contributed by atoms with Crippen LogP contribution in [0.1, 0.15) is 37.7 Å². The van der Waals surface area contributed by atoms with Gasteiger partial charge in [0.2, 0.25) is 11.7 Å². The van der Waals surface area contributed by atoms with Gasteiger partial charge in [-0.1, -0.05) is 25.3 Å². The fourth-order valence-corrected chi connectivity index (χ4v) is 3.26. The fourth-order valence-electron chi connectivity index (χ4n) is 3.26. The highest BCUT2D eigenvalue weighted by Crippen LogP contribution is 2.39. The van der Waals surface area contributed by atoms with Gasteiger partial charge in [0.25, 0.3) is 0 Å². The lowest BCUT2D eigenvalue weighted by Crippen LogP contribution is -2.55. The number of rotatable bonds is 7. The van der Waals surface area contributed by atoms with E-state index in [4.69, 9.17) is 19.9 Å². The summed E-state index contributed by atoms with van der Waals surface area (Å²) < 4.78 is 16.1. The second-order valence-electron chi connectivity index (χ2n) is 6.22. The summed E-state index contributed by atoms with van der Waals surface area (Å²) in [6.45, 7) is 0.504. The maximum Gasteiger partial charge on any atom is 0.240 e. The monoisotopic (exact) mass is 372 g/mol. The molecule has 1 aliphatic rings. The first-order valence-electron chi connectivity index (χ1n) is 8.40. The van der Waals surface area contributed by atoms with E-state index in [1.807, 2.05) is 12.1 Å². The number of benzene rings is 1. The summed E-state index contributed by atoms with van der Waals surface area (Å²) in [4.78, 5) is 12.4. The number of halogens is 1. The van der Waals surface area contributed by atoms with Gasteiger partial charge in [0.15, 0.2) is 11.5 Å². The molecule has 3 N–H and O–H groups in total. The highest BCUT2D eigenvalue weighted by molar-refractivity contribution is 5.86. The van der Waals surface area contributed by atoms with Crippen LogP contribution in [-0.2, 0) is 11.2 Å². The van der Waals surface area contributed by atoms with Gasteiger partial charge < -0.3 is 25.3 Å². The molecule has 25 heavy (non-hydrogen) atoms. The van der Waals surface area contributed by atoms with Crippen LogP contribution >= 0.6 is 12.4 Å². The van der Waals surface area contributed by atoms with Gasteiger partial charge >= 0.3 is 0 Å². The Morgan fingerprint density at radius 3 is 2.28 bits per heavy atom. The first-order valence-corrected chi connectivity index (χ1v) is 8.40. The molecule has 142 valence electrons. The van der Waals surface area contributed by atoms with E-state index in [1.165, 1.54) is 0 Å². The van der Waals surface area contributed by atoms with Gasteiger partial charge in [0, 0.05) is 12.1 Å². The molecule has 0 aliphatic heterocycles. The largest absolute Gasteiger partial charge is 0.493 e. The van der Waals surface area contributed by atoms with Crippen LogP contribution in [0.4, 0.5) is 0 Å². The minimum atomic E-state index is -0.708. The molecule has 1 fully saturated rings. The third-order valence-corrected chi connectivity index (χ3v) is 4.66. The fraction of sp³-hybridized carbons (Fsp3) is 0.611. The smallest absolute Gasteiger partial charge is 0.240 e. The standard InChI is InChI=1S/C18H28N2O4.ClH/c1-22-14-8-7-13(15(23-2)16(14)24-3)9-12-20-17(21)18(19)10-5-4-6-11-18;/h7-8H,4-6,9-12,19H2,1-3H3,(H,20,21);1H. The number of nitrogens with two attached hydrogens (primary N) is 1. The van der Waals surface area contributed by atoms with Crippen molar-refractivity contribution in [2.45, 2.75) is 44.1 Å². The lowest BCUT2D eigenvalue weighted by atomic mass is 9.82. The van der Waals surface area contributed by atoms with Crippen LogP contribution in [0.25, 0.3) is 0 Å². The van der Waals surface area contributed by atoms with E-state index < -0.39 is 5.54 Å². The molecule has 0 aromatic heterocycles. The van der Waals surface area contributed by atoms with E-state index in [0.29, 0.717) is 30.2 Å². The zero-order chi connectivity index (χ0) is 17.6. The van der Waals surface area contributed by atoms with Crippen molar-refractivity contribution in [3.05, 3.63) is 17.7 Å². The van der Waals surface area contributed by atoms with Gasteiger partial charge in [0.1, 0.15) is 0 Å². The van der Waals surface area contributed by atoms with Crippen molar-refractivity contribution in [2.75, 3.05) is 27.9 Å². The highest BCUT2D eigenvalue weighted by atomic mass is 35.5. The third kappa shape index (κ3) is 4.92. The molecule has 1 amide bonds. The number of ether oxygens (including phenoxy) is 3. The van der Waals surface area contributed by atoms with E-state index in [2.05, 4.69) is 5.32 Å². The molecule has 1 saturated carbocycles. The van der Waals surface area contributed by atoms with Crippen LogP contribution in [0.5, 0.6) is 17.2 Å². The van der Waals surface area contributed by atoms with E-state index in [-0.39, 0.29) is 18.3 Å². The average molecular weight is 373 g/mol. The highest BCUT2D eigenvalue weighted by Gasteiger charge is 2.34. The van der Waals surface area contributed by atoms with Crippen molar-refractivity contribution in [3.63, 3.8) is 0 Å². The van der Waals surface area contributed by atoms with E-state index >= 15 is 0 Å². The number of carbonyl (C=O) groups is 1. The lowest BCUT2D eigenvalue weighted by molar-refractivity contribution is -0.127. The first-order chi connectivity index (χ1) is 11.6. The van der Waals surface area contributed by atoms with Gasteiger partial charge in [-0.2, -0.15) is 0 Å². The average Bonchev–Trinajstić information content (AvgIpc) is 2.61. The summed E-state index contributed by atoms with van der Waals surface area (Å²) in [6, 6.07) is 3.76. The molecular formula is C18H29ClN2O4. The molecule has 2 rings (SSSR count). The summed E-state index contributed by atoms with van der Waals surface area (Å²) in [7, 11) is 4.76. The molecular weight excluding hydrogens is 344 g/mol. The summed E-state index contributed by atoms with van der Waals surface area (Å²) in [5.74, 6) is 1.75. The van der Waals surface area contributed by atoms with Crippen LogP contribution in [-0.4, -0.2) is 39.3 Å². The third-order valence-electron chi connectivity index (χ3n) is 4.66. The Balaban J connectivity index is 0.00000312. The number of hydrogen-bond donors (Lipinski definition) is 2. The maximum absolute atomic E-state index is 12.4. The van der Waals surface area contributed by atoms with Crippen LogP contribution in [0.15, 0.2) is 12.1 Å². The minimum absolute atomic E-state index is 0. The molecule has 0 saturated heterocycles. The molecule has 0 atom stereocenters. The number of carbonyl (C=O) groups excluding carboxylic acids is 1. The Morgan fingerprint density at radius 1 is 1.08 bits per heavy atom. The van der Waals surface area contributed by atoms with Crippen molar-refractivity contribution in [3.8, 4) is 17.2 Å². The topological polar surface area (TPSA) is 82.8 Å². The van der Waals surface area contributed by atoms with E-state index in [1.54, 1.807) is 21.3 Å². The maximum atomic E-state index is 12.4. The molecule has 0 unspecified atom stereocenters. The number of nitrogens with one attached hydrogen (secondary N) is 1. The summed E-state index contributed by atoms with van der Waals surface area (Å²) in [6.07, 6.45) is 5.36. The molecule has 1 aliphatic carbocycles. The van der Waals surface area contributed by atoms with Gasteiger partial charge in [-0.25, -0.2) is 0 Å². The predicted octanol–water partition coefficient (Wildman–Crippen LogP) is 2.45. The van der Waals surface area contributed by atoms with Gasteiger partial charge in [-0.3, -0.25) is 4.79 Å². The Kier molecular flexibility index (Phi) is 8.32. The first kappa shape index (κ1) is 21.4. The van der Waals surface area contributed by atoms with Gasteiger partial charge in [0.05, 0.1) is 26.9 Å². The molecule has 1 aromatic rings. The quantitative estimate of drug-likeness (QED) is 0.768. The summed E-state index contributed by atoms with van der Waals surface area (Å²) in [5.41, 5.74) is 6.49. The van der Waals surface area contributed by atoms with Crippen molar-refractivity contribution in [1.82, 2.24) is 5.32 Å². The molecule has 7 heteroatoms. The molecule has 0 spiro atoms. The van der Waals surface area contributed by atoms with Crippen molar-refractivity contribution in [2.24, 2.45) is 5.73 Å². The van der Waals surface area contributed by atoms with Crippen LogP contribution in [0.3, 0.4) is 0 Å². The second-order valence-corrected chi connectivity index (χ2v) is 6.22. The van der Waals surface area contributed by atoms with Crippen molar-refractivity contribution >= 4 is 18.3 Å². The van der Waals surface area contributed by atoms with E-state index in [9.17, 15) is 4.79 Å². The normalized spacial score (nSPS) is 15.7. The SMILES string of the molecule is COc1ccc(CCNC(=O)C2(N)CCCCC2)c(OC)c1OC.Cl. The Morgan fingerprint density at radius 2 is 1.72 bits per heavy atom. The zero-order valence-corrected chi connectivity index (χ0v) is 16.0. The number of amides is 1. The lowest BCUT2D eigenvalue weighted by Gasteiger charge is -2.31. The van der Waals surface area contributed by atoms with Crippen LogP contribution in [0.2, 0.25) is 0 Å². The number of methoxy groups -OCH3 is 3. The zero-order valence-electron chi connectivity index (χ0n) is 15.2. The van der Waals surface area contributed by atoms with Crippen LogP contribution in [0, 0.1) is 0 Å². The molecule has 1 aromatic carbocycles. The number of hydrogen-bond acceptors (Lipinski definition) is 5. The summed E-state index contributed by atoms with van der Waals surface area (Å²) in [5, 5.41) is 2.97. The molecule has 6 nitrogen and oxygen atoms in total. The molecule has 0 heterocycles. The van der Waals surface area contributed by atoms with Crippen LogP contribution < -0.4 is 25.3 Å².